The van der Waals surface area contributed by atoms with Crippen molar-refractivity contribution in [1.82, 2.24) is 15.4 Å². The Labute approximate surface area is 215 Å². The highest BCUT2D eigenvalue weighted by Crippen LogP contribution is 2.22. The number of hydrogen-bond acceptors (Lipinski definition) is 8. The first-order valence-corrected chi connectivity index (χ1v) is 11.5. The summed E-state index contributed by atoms with van der Waals surface area (Å²) in [5.74, 6) is 1.10. The fraction of sp³-hybridized carbons (Fsp3) is 0.500. The van der Waals surface area contributed by atoms with Gasteiger partial charge in [0.1, 0.15) is 11.2 Å². The Hall–Kier alpha value is -3.08. The molecule has 194 valence electrons. The standard InChI is InChI=1S/C17H27N3O5.C7H8BrNO/c1-11-9-12(10-18-13(11)23-8)20(15(22)25-17(5,6)7)19-14(21)24-16(2,3)4;1-5-3-6(8)4-9-7(5)10-2/h9-10H,1-8H3,(H,19,21);3-4H,1-2H3. The maximum absolute atomic E-state index is 12.5. The average molecular weight is 555 g/mol. The van der Waals surface area contributed by atoms with Crippen molar-refractivity contribution < 1.29 is 28.5 Å². The Morgan fingerprint density at radius 3 is 1.77 bits per heavy atom. The number of hydrogen-bond donors (Lipinski definition) is 1. The molecular formula is C24H35BrN4O6. The summed E-state index contributed by atoms with van der Waals surface area (Å²) >= 11 is 3.31. The van der Waals surface area contributed by atoms with Crippen molar-refractivity contribution in [3.05, 3.63) is 40.1 Å². The minimum absolute atomic E-state index is 0.318. The zero-order valence-corrected chi connectivity index (χ0v) is 23.6. The molecule has 0 aliphatic rings. The summed E-state index contributed by atoms with van der Waals surface area (Å²) in [4.78, 5) is 32.7. The van der Waals surface area contributed by atoms with Crippen molar-refractivity contribution in [1.29, 1.82) is 0 Å². The maximum atomic E-state index is 12.5. The van der Waals surface area contributed by atoms with Gasteiger partial charge in [0, 0.05) is 21.8 Å². The van der Waals surface area contributed by atoms with Crippen LogP contribution < -0.4 is 19.9 Å². The van der Waals surface area contributed by atoms with Crippen LogP contribution in [0.15, 0.2) is 29.0 Å². The third-order valence-corrected chi connectivity index (χ3v) is 4.27. The van der Waals surface area contributed by atoms with Gasteiger partial charge in [0.05, 0.1) is 26.1 Å². The molecule has 0 saturated carbocycles. The van der Waals surface area contributed by atoms with Crippen LogP contribution in [0.25, 0.3) is 0 Å². The second kappa shape index (κ2) is 12.6. The van der Waals surface area contributed by atoms with Crippen LogP contribution in [0.5, 0.6) is 11.8 Å². The molecule has 2 aromatic rings. The van der Waals surface area contributed by atoms with E-state index < -0.39 is 23.4 Å². The molecule has 0 unspecified atom stereocenters. The Balaban J connectivity index is 0.000000507. The lowest BCUT2D eigenvalue weighted by Crippen LogP contribution is -2.50. The van der Waals surface area contributed by atoms with Gasteiger partial charge in [0.25, 0.3) is 0 Å². The van der Waals surface area contributed by atoms with E-state index in [1.807, 2.05) is 13.0 Å². The van der Waals surface area contributed by atoms with Crippen molar-refractivity contribution in [2.75, 3.05) is 19.2 Å². The Bertz CT molecular complexity index is 1020. The van der Waals surface area contributed by atoms with Gasteiger partial charge in [-0.05, 0) is 83.5 Å². The number of rotatable bonds is 3. The van der Waals surface area contributed by atoms with E-state index in [0.717, 1.165) is 15.0 Å². The van der Waals surface area contributed by atoms with E-state index in [2.05, 4.69) is 31.3 Å². The topological polar surface area (TPSA) is 112 Å². The van der Waals surface area contributed by atoms with Crippen molar-refractivity contribution in [2.24, 2.45) is 0 Å². The van der Waals surface area contributed by atoms with Gasteiger partial charge in [0.2, 0.25) is 11.8 Å². The Morgan fingerprint density at radius 2 is 1.34 bits per heavy atom. The second-order valence-corrected chi connectivity index (χ2v) is 10.3. The number of pyridine rings is 2. The molecule has 10 nitrogen and oxygen atoms in total. The molecule has 0 spiro atoms. The predicted molar refractivity (Wildman–Crippen MR) is 137 cm³/mol. The number of ether oxygens (including phenoxy) is 4. The molecule has 11 heteroatoms. The van der Waals surface area contributed by atoms with Crippen LogP contribution >= 0.6 is 15.9 Å². The lowest BCUT2D eigenvalue weighted by Gasteiger charge is -2.28. The van der Waals surface area contributed by atoms with Crippen molar-refractivity contribution in [2.45, 2.75) is 66.6 Å². The number of carbonyl (C=O) groups is 2. The molecule has 0 radical (unpaired) electrons. The van der Waals surface area contributed by atoms with Crippen LogP contribution in [-0.4, -0.2) is 47.6 Å². The largest absolute Gasteiger partial charge is 0.481 e. The number of halogens is 1. The number of hydrazine groups is 1. The molecule has 2 amide bonds. The summed E-state index contributed by atoms with van der Waals surface area (Å²) in [5, 5.41) is 0.957. The Kier molecular flexibility index (Phi) is 10.8. The smallest absolute Gasteiger partial charge is 0.434 e. The molecule has 2 heterocycles. The van der Waals surface area contributed by atoms with Crippen LogP contribution in [0.1, 0.15) is 52.7 Å². The zero-order valence-electron chi connectivity index (χ0n) is 22.0. The molecule has 0 aromatic carbocycles. The maximum Gasteiger partial charge on any atom is 0.434 e. The van der Waals surface area contributed by atoms with E-state index in [-0.39, 0.29) is 0 Å². The van der Waals surface area contributed by atoms with Gasteiger partial charge in [-0.1, -0.05) is 0 Å². The molecule has 2 aromatic heterocycles. The minimum atomic E-state index is -0.785. The number of aryl methyl sites for hydroxylation is 2. The number of methoxy groups -OCH3 is 2. The third-order valence-electron chi connectivity index (χ3n) is 3.84. The van der Waals surface area contributed by atoms with Gasteiger partial charge >= 0.3 is 12.2 Å². The number of nitrogens with one attached hydrogen (secondary N) is 1. The van der Waals surface area contributed by atoms with Crippen LogP contribution in [-0.2, 0) is 9.47 Å². The van der Waals surface area contributed by atoms with E-state index in [4.69, 9.17) is 18.9 Å². The highest BCUT2D eigenvalue weighted by atomic mass is 79.9. The van der Waals surface area contributed by atoms with Gasteiger partial charge in [-0.25, -0.2) is 25.0 Å². The molecule has 0 fully saturated rings. The number of anilines is 1. The number of carbonyl (C=O) groups excluding carboxylic acids is 2. The van der Waals surface area contributed by atoms with E-state index in [1.165, 1.54) is 13.3 Å². The zero-order chi connectivity index (χ0) is 27.0. The number of aromatic nitrogens is 2. The second-order valence-electron chi connectivity index (χ2n) is 9.43. The number of amides is 2. The quantitative estimate of drug-likeness (QED) is 0.478. The predicted octanol–water partition coefficient (Wildman–Crippen LogP) is 5.74. The molecule has 1 N–H and O–H groups in total. The average Bonchev–Trinajstić information content (AvgIpc) is 2.70. The van der Waals surface area contributed by atoms with Gasteiger partial charge < -0.3 is 18.9 Å². The summed E-state index contributed by atoms with van der Waals surface area (Å²) < 4.78 is 21.6. The fourth-order valence-electron chi connectivity index (χ4n) is 2.54. The molecule has 35 heavy (non-hydrogen) atoms. The summed E-state index contributed by atoms with van der Waals surface area (Å²) in [6.07, 6.45) is 1.57. The lowest BCUT2D eigenvalue weighted by atomic mass is 10.2. The fourth-order valence-corrected chi connectivity index (χ4v) is 2.99. The summed E-state index contributed by atoms with van der Waals surface area (Å²) in [6, 6.07) is 3.61. The molecule has 0 saturated heterocycles. The summed E-state index contributed by atoms with van der Waals surface area (Å²) in [5.41, 5.74) is 3.00. The molecule has 0 bridgehead atoms. The molecule has 0 aliphatic carbocycles. The highest BCUT2D eigenvalue weighted by molar-refractivity contribution is 9.10. The van der Waals surface area contributed by atoms with Crippen molar-refractivity contribution >= 4 is 33.8 Å². The lowest BCUT2D eigenvalue weighted by molar-refractivity contribution is 0.0425. The molecule has 0 atom stereocenters. The van der Waals surface area contributed by atoms with E-state index in [0.29, 0.717) is 23.0 Å². The number of nitrogens with zero attached hydrogens (tertiary/aromatic N) is 3. The monoisotopic (exact) mass is 554 g/mol. The van der Waals surface area contributed by atoms with Crippen LogP contribution in [0, 0.1) is 13.8 Å². The van der Waals surface area contributed by atoms with E-state index in [9.17, 15) is 9.59 Å². The van der Waals surface area contributed by atoms with E-state index in [1.54, 1.807) is 67.8 Å². The van der Waals surface area contributed by atoms with E-state index >= 15 is 0 Å². The molecule has 2 rings (SSSR count). The third kappa shape index (κ3) is 10.8. The first-order valence-electron chi connectivity index (χ1n) is 10.8. The normalized spacial score (nSPS) is 10.9. The van der Waals surface area contributed by atoms with Gasteiger partial charge in [-0.15, -0.1) is 0 Å². The summed E-state index contributed by atoms with van der Waals surface area (Å²) in [7, 11) is 3.11. The van der Waals surface area contributed by atoms with Crippen LogP contribution in [0.3, 0.4) is 0 Å². The van der Waals surface area contributed by atoms with Crippen LogP contribution in [0.2, 0.25) is 0 Å². The molecule has 0 aliphatic heterocycles. The van der Waals surface area contributed by atoms with Crippen molar-refractivity contribution in [3.63, 3.8) is 0 Å². The van der Waals surface area contributed by atoms with Crippen LogP contribution in [0.4, 0.5) is 15.3 Å². The Morgan fingerprint density at radius 1 is 0.857 bits per heavy atom. The SMILES string of the molecule is COc1ncc(Br)cc1C.COc1ncc(N(NC(=O)OC(C)(C)C)C(=O)OC(C)(C)C)cc1C. The summed E-state index contributed by atoms with van der Waals surface area (Å²) in [6.45, 7) is 14.1. The van der Waals surface area contributed by atoms with Gasteiger partial charge in [-0.2, -0.15) is 5.01 Å². The van der Waals surface area contributed by atoms with Gasteiger partial charge in [-0.3, -0.25) is 0 Å². The minimum Gasteiger partial charge on any atom is -0.481 e. The molecular weight excluding hydrogens is 520 g/mol. The first-order chi connectivity index (χ1) is 16.1. The highest BCUT2D eigenvalue weighted by Gasteiger charge is 2.28. The first kappa shape index (κ1) is 30.0. The van der Waals surface area contributed by atoms with Gasteiger partial charge in [0.15, 0.2) is 0 Å². The van der Waals surface area contributed by atoms with Crippen molar-refractivity contribution in [3.8, 4) is 11.8 Å².